The van der Waals surface area contributed by atoms with Crippen molar-refractivity contribution in [2.45, 2.75) is 37.8 Å². The SMILES string of the molecule is CCNCc1ccc(C)c(S(=O)(=O)N(C)C2CCSC2)c1. The van der Waals surface area contributed by atoms with Crippen LogP contribution in [0.1, 0.15) is 24.5 Å². The Morgan fingerprint density at radius 1 is 1.43 bits per heavy atom. The zero-order valence-electron chi connectivity index (χ0n) is 12.9. The molecule has 1 aliphatic rings. The van der Waals surface area contributed by atoms with Gasteiger partial charge in [-0.25, -0.2) is 8.42 Å². The van der Waals surface area contributed by atoms with Crippen LogP contribution in [-0.4, -0.2) is 43.9 Å². The number of nitrogens with zero attached hydrogens (tertiary/aromatic N) is 1. The van der Waals surface area contributed by atoms with Gasteiger partial charge in [0, 0.05) is 25.4 Å². The van der Waals surface area contributed by atoms with E-state index in [0.29, 0.717) is 11.4 Å². The Bertz CT molecular complexity index is 581. The van der Waals surface area contributed by atoms with Crippen LogP contribution >= 0.6 is 11.8 Å². The maximum Gasteiger partial charge on any atom is 0.243 e. The fourth-order valence-corrected chi connectivity index (χ4v) is 5.48. The number of aryl methyl sites for hydroxylation is 1. The van der Waals surface area contributed by atoms with Gasteiger partial charge < -0.3 is 5.32 Å². The van der Waals surface area contributed by atoms with E-state index in [0.717, 1.165) is 35.6 Å². The maximum absolute atomic E-state index is 12.9. The third kappa shape index (κ3) is 3.80. The van der Waals surface area contributed by atoms with Crippen LogP contribution in [0, 0.1) is 6.92 Å². The molecule has 0 bridgehead atoms. The van der Waals surface area contributed by atoms with Crippen molar-refractivity contribution in [2.24, 2.45) is 0 Å². The molecule has 0 spiro atoms. The Labute approximate surface area is 132 Å². The highest BCUT2D eigenvalue weighted by Crippen LogP contribution is 2.28. The van der Waals surface area contributed by atoms with Crippen molar-refractivity contribution in [3.05, 3.63) is 29.3 Å². The lowest BCUT2D eigenvalue weighted by Gasteiger charge is -2.24. The molecule has 21 heavy (non-hydrogen) atoms. The summed E-state index contributed by atoms with van der Waals surface area (Å²) in [6, 6.07) is 5.82. The molecule has 0 aromatic heterocycles. The lowest BCUT2D eigenvalue weighted by Crippen LogP contribution is -2.37. The normalized spacial score (nSPS) is 19.3. The summed E-state index contributed by atoms with van der Waals surface area (Å²) in [6.45, 7) is 5.47. The molecule has 0 amide bonds. The van der Waals surface area contributed by atoms with E-state index < -0.39 is 10.0 Å². The van der Waals surface area contributed by atoms with Crippen molar-refractivity contribution in [2.75, 3.05) is 25.1 Å². The molecule has 0 radical (unpaired) electrons. The number of sulfonamides is 1. The van der Waals surface area contributed by atoms with Gasteiger partial charge in [-0.05, 0) is 42.8 Å². The molecule has 1 fully saturated rings. The first kappa shape index (κ1) is 16.8. The molecule has 0 saturated carbocycles. The van der Waals surface area contributed by atoms with Crippen LogP contribution in [-0.2, 0) is 16.6 Å². The molecular formula is C15H24N2O2S2. The lowest BCUT2D eigenvalue weighted by molar-refractivity contribution is 0.394. The van der Waals surface area contributed by atoms with Gasteiger partial charge >= 0.3 is 0 Å². The van der Waals surface area contributed by atoms with Crippen LogP contribution in [0.3, 0.4) is 0 Å². The van der Waals surface area contributed by atoms with Crippen LogP contribution in [0.5, 0.6) is 0 Å². The fourth-order valence-electron chi connectivity index (χ4n) is 2.46. The highest BCUT2D eigenvalue weighted by Gasteiger charge is 2.31. The summed E-state index contributed by atoms with van der Waals surface area (Å²) in [7, 11) is -1.70. The molecule has 1 aliphatic heterocycles. The molecule has 6 heteroatoms. The van der Waals surface area contributed by atoms with E-state index in [1.165, 1.54) is 0 Å². The largest absolute Gasteiger partial charge is 0.313 e. The molecular weight excluding hydrogens is 304 g/mol. The van der Waals surface area contributed by atoms with Crippen LogP contribution in [0.15, 0.2) is 23.1 Å². The van der Waals surface area contributed by atoms with Gasteiger partial charge in [-0.3, -0.25) is 0 Å². The van der Waals surface area contributed by atoms with Gasteiger partial charge in [0.2, 0.25) is 10.0 Å². The summed E-state index contributed by atoms with van der Waals surface area (Å²) in [6.07, 6.45) is 0.941. The number of nitrogens with one attached hydrogen (secondary N) is 1. The zero-order valence-corrected chi connectivity index (χ0v) is 14.6. The van der Waals surface area contributed by atoms with Gasteiger partial charge in [0.1, 0.15) is 0 Å². The van der Waals surface area contributed by atoms with Crippen LogP contribution in [0.4, 0.5) is 0 Å². The highest BCUT2D eigenvalue weighted by atomic mass is 32.2. The van der Waals surface area contributed by atoms with E-state index in [1.807, 2.05) is 43.8 Å². The van der Waals surface area contributed by atoms with Gasteiger partial charge in [0.25, 0.3) is 0 Å². The molecule has 4 nitrogen and oxygen atoms in total. The Morgan fingerprint density at radius 3 is 2.81 bits per heavy atom. The van der Waals surface area contributed by atoms with Gasteiger partial charge in [-0.15, -0.1) is 0 Å². The predicted octanol–water partition coefficient (Wildman–Crippen LogP) is 2.23. The molecule has 1 N–H and O–H groups in total. The second-order valence-electron chi connectivity index (χ2n) is 5.42. The molecule has 1 heterocycles. The number of hydrogen-bond acceptors (Lipinski definition) is 4. The Kier molecular flexibility index (Phi) is 5.71. The topological polar surface area (TPSA) is 49.4 Å². The van der Waals surface area contributed by atoms with Crippen LogP contribution < -0.4 is 5.32 Å². The Hall–Kier alpha value is -0.560. The molecule has 1 saturated heterocycles. The van der Waals surface area contributed by atoms with Gasteiger partial charge in [0.15, 0.2) is 0 Å². The second-order valence-corrected chi connectivity index (χ2v) is 8.53. The van der Waals surface area contributed by atoms with E-state index in [-0.39, 0.29) is 6.04 Å². The first-order valence-electron chi connectivity index (χ1n) is 7.33. The van der Waals surface area contributed by atoms with Crippen LogP contribution in [0.2, 0.25) is 0 Å². The number of rotatable bonds is 6. The minimum atomic E-state index is -3.41. The van der Waals surface area contributed by atoms with Crippen molar-refractivity contribution < 1.29 is 8.42 Å². The van der Waals surface area contributed by atoms with E-state index >= 15 is 0 Å². The predicted molar refractivity (Wildman–Crippen MR) is 89.2 cm³/mol. The van der Waals surface area contributed by atoms with Crippen molar-refractivity contribution >= 4 is 21.8 Å². The van der Waals surface area contributed by atoms with E-state index in [4.69, 9.17) is 0 Å². The van der Waals surface area contributed by atoms with Gasteiger partial charge in [-0.1, -0.05) is 19.1 Å². The maximum atomic E-state index is 12.9. The number of hydrogen-bond donors (Lipinski definition) is 1. The zero-order chi connectivity index (χ0) is 15.5. The summed E-state index contributed by atoms with van der Waals surface area (Å²) in [5, 5.41) is 3.24. The summed E-state index contributed by atoms with van der Waals surface area (Å²) in [4.78, 5) is 0.442. The first-order chi connectivity index (χ1) is 9.96. The summed E-state index contributed by atoms with van der Waals surface area (Å²) in [5.41, 5.74) is 1.82. The van der Waals surface area contributed by atoms with Crippen molar-refractivity contribution in [3.8, 4) is 0 Å². The van der Waals surface area contributed by atoms with Crippen molar-refractivity contribution in [1.82, 2.24) is 9.62 Å². The van der Waals surface area contributed by atoms with Gasteiger partial charge in [0.05, 0.1) is 4.90 Å². The number of thioether (sulfide) groups is 1. The summed E-state index contributed by atoms with van der Waals surface area (Å²) < 4.78 is 27.3. The molecule has 0 aliphatic carbocycles. The Balaban J connectivity index is 2.29. The average Bonchev–Trinajstić information content (AvgIpc) is 2.99. The third-order valence-corrected chi connectivity index (χ3v) is 7.11. The first-order valence-corrected chi connectivity index (χ1v) is 9.92. The Morgan fingerprint density at radius 2 is 2.19 bits per heavy atom. The van der Waals surface area contributed by atoms with Gasteiger partial charge in [-0.2, -0.15) is 16.1 Å². The molecule has 1 aromatic rings. The fraction of sp³-hybridized carbons (Fsp3) is 0.600. The van der Waals surface area contributed by atoms with Crippen molar-refractivity contribution in [1.29, 1.82) is 0 Å². The lowest BCUT2D eigenvalue weighted by atomic mass is 10.1. The highest BCUT2D eigenvalue weighted by molar-refractivity contribution is 7.99. The monoisotopic (exact) mass is 328 g/mol. The minimum absolute atomic E-state index is 0.122. The van der Waals surface area contributed by atoms with E-state index in [9.17, 15) is 8.42 Å². The molecule has 2 rings (SSSR count). The molecule has 1 aromatic carbocycles. The molecule has 118 valence electrons. The van der Waals surface area contributed by atoms with E-state index in [2.05, 4.69) is 5.32 Å². The number of benzene rings is 1. The minimum Gasteiger partial charge on any atom is -0.313 e. The average molecular weight is 329 g/mol. The summed E-state index contributed by atoms with van der Waals surface area (Å²) >= 11 is 1.82. The quantitative estimate of drug-likeness (QED) is 0.870. The summed E-state index contributed by atoms with van der Waals surface area (Å²) in [5.74, 6) is 1.94. The third-order valence-electron chi connectivity index (χ3n) is 3.91. The second kappa shape index (κ2) is 7.13. The van der Waals surface area contributed by atoms with Crippen LogP contribution in [0.25, 0.3) is 0 Å². The molecule has 1 unspecified atom stereocenters. The standard InChI is InChI=1S/C15H24N2O2S2/c1-4-16-10-13-6-5-12(2)15(9-13)21(18,19)17(3)14-7-8-20-11-14/h5-6,9,14,16H,4,7-8,10-11H2,1-3H3. The van der Waals surface area contributed by atoms with Crippen molar-refractivity contribution in [3.63, 3.8) is 0 Å². The van der Waals surface area contributed by atoms with E-state index in [1.54, 1.807) is 11.4 Å². The molecule has 1 atom stereocenters. The smallest absolute Gasteiger partial charge is 0.243 e.